The van der Waals surface area contributed by atoms with E-state index in [1.165, 1.54) is 16.8 Å². The molecule has 0 saturated carbocycles. The Balaban J connectivity index is 1.66. The maximum atomic E-state index is 11.0. The van der Waals surface area contributed by atoms with Crippen LogP contribution >= 0.6 is 0 Å². The zero-order valence-corrected chi connectivity index (χ0v) is 12.1. The average Bonchev–Trinajstić information content (AvgIpc) is 2.53. The van der Waals surface area contributed by atoms with E-state index in [1.54, 1.807) is 0 Å². The second-order valence-electron chi connectivity index (χ2n) is 4.74. The SMILES string of the molecule is C=CC(=O)CCCOCCOc1ccc2ccccc2c1. The minimum Gasteiger partial charge on any atom is -0.491 e. The van der Waals surface area contributed by atoms with Gasteiger partial charge in [-0.05, 0) is 35.4 Å². The molecule has 2 aromatic carbocycles. The molecule has 0 aliphatic heterocycles. The first kappa shape index (κ1) is 15.3. The Hall–Kier alpha value is -2.13. The minimum atomic E-state index is 0.0611. The van der Waals surface area contributed by atoms with E-state index < -0.39 is 0 Å². The molecule has 2 rings (SSSR count). The fourth-order valence-corrected chi connectivity index (χ4v) is 2.03. The Labute approximate surface area is 125 Å². The van der Waals surface area contributed by atoms with Crippen molar-refractivity contribution in [3.05, 3.63) is 55.1 Å². The van der Waals surface area contributed by atoms with E-state index in [0.29, 0.717) is 26.2 Å². The van der Waals surface area contributed by atoms with E-state index >= 15 is 0 Å². The monoisotopic (exact) mass is 284 g/mol. The standard InChI is InChI=1S/C18H20O3/c1-2-17(19)8-5-11-20-12-13-21-18-10-9-15-6-3-4-7-16(15)14-18/h2-4,6-7,9-10,14H,1,5,8,11-13H2. The average molecular weight is 284 g/mol. The van der Waals surface area contributed by atoms with Crippen LogP contribution in [0.3, 0.4) is 0 Å². The Kier molecular flexibility index (Phi) is 5.98. The highest BCUT2D eigenvalue weighted by Gasteiger charge is 1.98. The Morgan fingerprint density at radius 3 is 2.67 bits per heavy atom. The Morgan fingerprint density at radius 1 is 1.05 bits per heavy atom. The normalized spacial score (nSPS) is 10.5. The summed E-state index contributed by atoms with van der Waals surface area (Å²) in [5, 5.41) is 2.37. The molecule has 0 N–H and O–H groups in total. The second-order valence-corrected chi connectivity index (χ2v) is 4.74. The predicted molar refractivity (Wildman–Crippen MR) is 84.7 cm³/mol. The van der Waals surface area contributed by atoms with E-state index in [0.717, 1.165) is 12.2 Å². The number of ketones is 1. The summed E-state index contributed by atoms with van der Waals surface area (Å²) in [7, 11) is 0. The summed E-state index contributed by atoms with van der Waals surface area (Å²) in [6.45, 7) is 5.03. The molecule has 21 heavy (non-hydrogen) atoms. The van der Waals surface area contributed by atoms with Gasteiger partial charge in [-0.25, -0.2) is 0 Å². The van der Waals surface area contributed by atoms with Crippen molar-refractivity contribution in [2.24, 2.45) is 0 Å². The number of benzene rings is 2. The lowest BCUT2D eigenvalue weighted by Crippen LogP contribution is -2.08. The van der Waals surface area contributed by atoms with Crippen LogP contribution in [0.15, 0.2) is 55.1 Å². The minimum absolute atomic E-state index is 0.0611. The molecular formula is C18H20O3. The molecule has 3 heteroatoms. The van der Waals surface area contributed by atoms with Crippen LogP contribution in [0.1, 0.15) is 12.8 Å². The summed E-state index contributed by atoms with van der Waals surface area (Å²) in [5.74, 6) is 0.908. The van der Waals surface area contributed by atoms with Gasteiger partial charge in [0.15, 0.2) is 5.78 Å². The molecule has 0 aliphatic carbocycles. The van der Waals surface area contributed by atoms with Crippen LogP contribution in [0.2, 0.25) is 0 Å². The molecular weight excluding hydrogens is 264 g/mol. The molecule has 2 aromatic rings. The van der Waals surface area contributed by atoms with Crippen molar-refractivity contribution >= 4 is 16.6 Å². The first-order valence-electron chi connectivity index (χ1n) is 7.14. The molecule has 0 fully saturated rings. The number of allylic oxidation sites excluding steroid dienone is 1. The Bertz CT molecular complexity index is 604. The molecule has 0 saturated heterocycles. The number of hydrogen-bond donors (Lipinski definition) is 0. The van der Waals surface area contributed by atoms with Crippen LogP contribution in [-0.4, -0.2) is 25.6 Å². The number of carbonyl (C=O) groups excluding carboxylic acids is 1. The van der Waals surface area contributed by atoms with Gasteiger partial charge in [0, 0.05) is 13.0 Å². The lowest BCUT2D eigenvalue weighted by atomic mass is 10.1. The topological polar surface area (TPSA) is 35.5 Å². The zero-order chi connectivity index (χ0) is 14.9. The number of fused-ring (bicyclic) bond motifs is 1. The molecule has 0 unspecified atom stereocenters. The highest BCUT2D eigenvalue weighted by atomic mass is 16.5. The number of carbonyl (C=O) groups is 1. The van der Waals surface area contributed by atoms with E-state index in [2.05, 4.69) is 18.7 Å². The summed E-state index contributed by atoms with van der Waals surface area (Å²) in [6, 6.07) is 14.2. The zero-order valence-electron chi connectivity index (χ0n) is 12.1. The highest BCUT2D eigenvalue weighted by Crippen LogP contribution is 2.20. The van der Waals surface area contributed by atoms with Crippen LogP contribution in [0.4, 0.5) is 0 Å². The molecule has 0 bridgehead atoms. The van der Waals surface area contributed by atoms with Crippen molar-refractivity contribution in [2.75, 3.05) is 19.8 Å². The van der Waals surface area contributed by atoms with Gasteiger partial charge in [-0.3, -0.25) is 4.79 Å². The van der Waals surface area contributed by atoms with E-state index in [4.69, 9.17) is 9.47 Å². The van der Waals surface area contributed by atoms with Crippen molar-refractivity contribution in [3.63, 3.8) is 0 Å². The quantitative estimate of drug-likeness (QED) is 0.519. The number of hydrogen-bond acceptors (Lipinski definition) is 3. The first-order chi connectivity index (χ1) is 10.3. The van der Waals surface area contributed by atoms with Gasteiger partial charge < -0.3 is 9.47 Å². The molecule has 0 atom stereocenters. The summed E-state index contributed by atoms with van der Waals surface area (Å²) in [4.78, 5) is 11.0. The number of ether oxygens (including phenoxy) is 2. The lowest BCUT2D eigenvalue weighted by Gasteiger charge is -2.08. The van der Waals surface area contributed by atoms with Crippen LogP contribution in [0, 0.1) is 0 Å². The third-order valence-electron chi connectivity index (χ3n) is 3.16. The molecule has 0 aliphatic rings. The molecule has 0 aromatic heterocycles. The molecule has 0 amide bonds. The van der Waals surface area contributed by atoms with Crippen LogP contribution < -0.4 is 4.74 Å². The van der Waals surface area contributed by atoms with Crippen molar-refractivity contribution in [3.8, 4) is 5.75 Å². The lowest BCUT2D eigenvalue weighted by molar-refractivity contribution is -0.114. The fraction of sp³-hybridized carbons (Fsp3) is 0.278. The third kappa shape index (κ3) is 5.04. The van der Waals surface area contributed by atoms with Gasteiger partial charge in [-0.15, -0.1) is 0 Å². The Morgan fingerprint density at radius 2 is 1.86 bits per heavy atom. The van der Waals surface area contributed by atoms with Crippen LogP contribution in [0.25, 0.3) is 10.8 Å². The van der Waals surface area contributed by atoms with E-state index in [1.807, 2.05) is 30.3 Å². The molecule has 0 spiro atoms. The van der Waals surface area contributed by atoms with Crippen LogP contribution in [0.5, 0.6) is 5.75 Å². The first-order valence-corrected chi connectivity index (χ1v) is 7.14. The van der Waals surface area contributed by atoms with E-state index in [9.17, 15) is 4.79 Å². The van der Waals surface area contributed by atoms with Crippen LogP contribution in [-0.2, 0) is 9.53 Å². The van der Waals surface area contributed by atoms with E-state index in [-0.39, 0.29) is 5.78 Å². The summed E-state index contributed by atoms with van der Waals surface area (Å²) in [6.07, 6.45) is 2.57. The molecule has 110 valence electrons. The second kappa shape index (κ2) is 8.22. The molecule has 0 radical (unpaired) electrons. The van der Waals surface area contributed by atoms with Gasteiger partial charge in [0.1, 0.15) is 12.4 Å². The fourth-order valence-electron chi connectivity index (χ4n) is 2.03. The highest BCUT2D eigenvalue weighted by molar-refractivity contribution is 5.88. The largest absolute Gasteiger partial charge is 0.491 e. The van der Waals surface area contributed by atoms with Gasteiger partial charge in [0.05, 0.1) is 6.61 Å². The molecule has 0 heterocycles. The summed E-state index contributed by atoms with van der Waals surface area (Å²) in [5.41, 5.74) is 0. The van der Waals surface area contributed by atoms with Gasteiger partial charge in [0.2, 0.25) is 0 Å². The van der Waals surface area contributed by atoms with Crippen molar-refractivity contribution in [1.29, 1.82) is 0 Å². The smallest absolute Gasteiger partial charge is 0.155 e. The summed E-state index contributed by atoms with van der Waals surface area (Å²) >= 11 is 0. The molecule has 3 nitrogen and oxygen atoms in total. The summed E-state index contributed by atoms with van der Waals surface area (Å²) < 4.78 is 11.1. The maximum absolute atomic E-state index is 11.0. The van der Waals surface area contributed by atoms with Gasteiger partial charge >= 0.3 is 0 Å². The van der Waals surface area contributed by atoms with Gasteiger partial charge in [0.25, 0.3) is 0 Å². The van der Waals surface area contributed by atoms with Crippen molar-refractivity contribution < 1.29 is 14.3 Å². The van der Waals surface area contributed by atoms with Gasteiger partial charge in [-0.1, -0.05) is 36.9 Å². The number of rotatable bonds is 9. The predicted octanol–water partition coefficient (Wildman–Crippen LogP) is 3.77. The maximum Gasteiger partial charge on any atom is 0.155 e. The van der Waals surface area contributed by atoms with Crippen molar-refractivity contribution in [1.82, 2.24) is 0 Å². The van der Waals surface area contributed by atoms with Gasteiger partial charge in [-0.2, -0.15) is 0 Å². The van der Waals surface area contributed by atoms with Crippen molar-refractivity contribution in [2.45, 2.75) is 12.8 Å². The third-order valence-corrected chi connectivity index (χ3v) is 3.16.